The maximum absolute atomic E-state index is 12.1. The molecule has 2 aromatic carbocycles. The molecule has 0 heterocycles. The van der Waals surface area contributed by atoms with Crippen LogP contribution in [0.25, 0.3) is 0 Å². The standard InChI is InChI=1S/C14H13ClN2O3S/c1-10(18)11-5-7-14(8-6-11)21(19,20)17-16-13-4-2-3-12(15)9-13/h2-9,16-17H,1H3. The minimum Gasteiger partial charge on any atom is -0.308 e. The molecule has 0 radical (unpaired) electrons. The number of hydrazine groups is 1. The minimum absolute atomic E-state index is 0.0574. The van der Waals surface area contributed by atoms with Crippen molar-refractivity contribution in [3.63, 3.8) is 0 Å². The quantitative estimate of drug-likeness (QED) is 0.655. The van der Waals surface area contributed by atoms with E-state index in [-0.39, 0.29) is 10.7 Å². The van der Waals surface area contributed by atoms with Crippen LogP contribution < -0.4 is 10.3 Å². The number of carbonyl (C=O) groups is 1. The van der Waals surface area contributed by atoms with E-state index in [9.17, 15) is 13.2 Å². The Morgan fingerprint density at radius 2 is 1.76 bits per heavy atom. The van der Waals surface area contributed by atoms with Gasteiger partial charge in [0.2, 0.25) is 0 Å². The van der Waals surface area contributed by atoms with Crippen molar-refractivity contribution in [3.8, 4) is 0 Å². The first-order chi connectivity index (χ1) is 9.88. The molecule has 0 spiro atoms. The number of anilines is 1. The van der Waals surface area contributed by atoms with Crippen LogP contribution in [0.15, 0.2) is 53.4 Å². The summed E-state index contributed by atoms with van der Waals surface area (Å²) in [5.74, 6) is -0.121. The average molecular weight is 325 g/mol. The Kier molecular flexibility index (Phi) is 4.62. The van der Waals surface area contributed by atoms with Crippen molar-refractivity contribution in [2.24, 2.45) is 0 Å². The van der Waals surface area contributed by atoms with Crippen molar-refractivity contribution in [1.29, 1.82) is 0 Å². The van der Waals surface area contributed by atoms with Crippen LogP contribution >= 0.6 is 11.6 Å². The molecule has 0 bridgehead atoms. The number of nitrogens with one attached hydrogen (secondary N) is 2. The highest BCUT2D eigenvalue weighted by molar-refractivity contribution is 7.89. The number of Topliss-reactive ketones (excluding diaryl/α,β-unsaturated/α-hetero) is 1. The minimum atomic E-state index is -3.73. The van der Waals surface area contributed by atoms with E-state index in [0.717, 1.165) is 0 Å². The van der Waals surface area contributed by atoms with Gasteiger partial charge in [-0.3, -0.25) is 4.79 Å². The van der Waals surface area contributed by atoms with Gasteiger partial charge in [0.15, 0.2) is 5.78 Å². The molecule has 2 aromatic rings. The maximum Gasteiger partial charge on any atom is 0.257 e. The Bertz CT molecular complexity index is 758. The van der Waals surface area contributed by atoms with E-state index in [1.807, 2.05) is 0 Å². The molecule has 0 aromatic heterocycles. The lowest BCUT2D eigenvalue weighted by molar-refractivity contribution is 0.101. The number of sulfonamides is 1. The van der Waals surface area contributed by atoms with Crippen LogP contribution in [0.4, 0.5) is 5.69 Å². The predicted octanol–water partition coefficient (Wildman–Crippen LogP) is 2.85. The largest absolute Gasteiger partial charge is 0.308 e. The van der Waals surface area contributed by atoms with E-state index in [4.69, 9.17) is 11.6 Å². The fourth-order valence-corrected chi connectivity index (χ4v) is 2.67. The van der Waals surface area contributed by atoms with Gasteiger partial charge in [0, 0.05) is 10.6 Å². The van der Waals surface area contributed by atoms with E-state index in [1.165, 1.54) is 31.2 Å². The van der Waals surface area contributed by atoms with E-state index >= 15 is 0 Å². The Morgan fingerprint density at radius 1 is 1.10 bits per heavy atom. The Balaban J connectivity index is 2.13. The molecule has 0 saturated heterocycles. The molecule has 0 saturated carbocycles. The van der Waals surface area contributed by atoms with Crippen molar-refractivity contribution in [2.75, 3.05) is 5.43 Å². The third-order valence-electron chi connectivity index (χ3n) is 2.73. The van der Waals surface area contributed by atoms with Gasteiger partial charge in [-0.25, -0.2) is 8.42 Å². The van der Waals surface area contributed by atoms with Crippen LogP contribution in [0.1, 0.15) is 17.3 Å². The number of hydrogen-bond donors (Lipinski definition) is 2. The molecule has 0 unspecified atom stereocenters. The Hall–Kier alpha value is -1.89. The normalized spacial score (nSPS) is 11.1. The van der Waals surface area contributed by atoms with Crippen LogP contribution in [0, 0.1) is 0 Å². The first kappa shape index (κ1) is 15.5. The van der Waals surface area contributed by atoms with Gasteiger partial charge in [0.1, 0.15) is 0 Å². The van der Waals surface area contributed by atoms with Gasteiger partial charge in [-0.15, -0.1) is 4.83 Å². The van der Waals surface area contributed by atoms with Gasteiger partial charge in [0.25, 0.3) is 10.0 Å². The smallest absolute Gasteiger partial charge is 0.257 e. The van der Waals surface area contributed by atoms with Crippen LogP contribution in [0.3, 0.4) is 0 Å². The molecular formula is C14H13ClN2O3S. The van der Waals surface area contributed by atoms with Gasteiger partial charge in [-0.05, 0) is 37.3 Å². The van der Waals surface area contributed by atoms with Gasteiger partial charge < -0.3 is 5.43 Å². The van der Waals surface area contributed by atoms with Crippen LogP contribution in [0.2, 0.25) is 5.02 Å². The van der Waals surface area contributed by atoms with Crippen LogP contribution in [0.5, 0.6) is 0 Å². The van der Waals surface area contributed by atoms with Crippen molar-refractivity contribution in [1.82, 2.24) is 4.83 Å². The second kappa shape index (κ2) is 6.26. The Labute approximate surface area is 128 Å². The third-order valence-corrected chi connectivity index (χ3v) is 4.22. The highest BCUT2D eigenvalue weighted by atomic mass is 35.5. The zero-order valence-corrected chi connectivity index (χ0v) is 12.7. The summed E-state index contributed by atoms with van der Waals surface area (Å²) >= 11 is 5.81. The van der Waals surface area contributed by atoms with Crippen molar-refractivity contribution in [2.45, 2.75) is 11.8 Å². The number of rotatable bonds is 5. The lowest BCUT2D eigenvalue weighted by Crippen LogP contribution is -2.29. The third kappa shape index (κ3) is 4.04. The molecule has 0 fully saturated rings. The molecule has 2 rings (SSSR count). The summed E-state index contributed by atoms with van der Waals surface area (Å²) in [6.07, 6.45) is 0. The van der Waals surface area contributed by atoms with Gasteiger partial charge in [0.05, 0.1) is 10.6 Å². The SMILES string of the molecule is CC(=O)c1ccc(S(=O)(=O)NNc2cccc(Cl)c2)cc1. The summed E-state index contributed by atoms with van der Waals surface area (Å²) in [5, 5.41) is 0.491. The highest BCUT2D eigenvalue weighted by Crippen LogP contribution is 2.15. The lowest BCUT2D eigenvalue weighted by Gasteiger charge is -2.10. The fourth-order valence-electron chi connectivity index (χ4n) is 1.62. The molecule has 7 heteroatoms. The van der Waals surface area contributed by atoms with Crippen molar-refractivity contribution in [3.05, 3.63) is 59.1 Å². The van der Waals surface area contributed by atoms with E-state index in [2.05, 4.69) is 10.3 Å². The second-order valence-corrected chi connectivity index (χ2v) is 6.44. The number of halogens is 1. The number of hydrogen-bond acceptors (Lipinski definition) is 4. The van der Waals surface area contributed by atoms with Crippen LogP contribution in [-0.2, 0) is 10.0 Å². The van der Waals surface area contributed by atoms with E-state index in [0.29, 0.717) is 16.3 Å². The predicted molar refractivity (Wildman–Crippen MR) is 81.8 cm³/mol. The molecule has 5 nitrogen and oxygen atoms in total. The van der Waals surface area contributed by atoms with Gasteiger partial charge in [-0.2, -0.15) is 0 Å². The fraction of sp³-hybridized carbons (Fsp3) is 0.0714. The molecule has 0 amide bonds. The zero-order chi connectivity index (χ0) is 15.5. The lowest BCUT2D eigenvalue weighted by atomic mass is 10.2. The monoisotopic (exact) mass is 324 g/mol. The molecule has 0 aliphatic carbocycles. The van der Waals surface area contributed by atoms with Gasteiger partial charge >= 0.3 is 0 Å². The first-order valence-electron chi connectivity index (χ1n) is 6.03. The summed E-state index contributed by atoms with van der Waals surface area (Å²) in [5.41, 5.74) is 3.55. The number of carbonyl (C=O) groups excluding carboxylic acids is 1. The summed E-state index contributed by atoms with van der Waals surface area (Å²) in [6.45, 7) is 1.42. The number of ketones is 1. The van der Waals surface area contributed by atoms with E-state index < -0.39 is 10.0 Å². The molecule has 110 valence electrons. The molecule has 21 heavy (non-hydrogen) atoms. The summed E-state index contributed by atoms with van der Waals surface area (Å²) in [4.78, 5) is 13.5. The molecule has 2 N–H and O–H groups in total. The molecule has 0 aliphatic rings. The zero-order valence-electron chi connectivity index (χ0n) is 11.1. The topological polar surface area (TPSA) is 75.3 Å². The first-order valence-corrected chi connectivity index (χ1v) is 7.89. The highest BCUT2D eigenvalue weighted by Gasteiger charge is 2.14. The second-order valence-electron chi connectivity index (χ2n) is 4.32. The molecule has 0 aliphatic heterocycles. The maximum atomic E-state index is 12.1. The van der Waals surface area contributed by atoms with Crippen LogP contribution in [-0.4, -0.2) is 14.2 Å². The summed E-state index contributed by atoms with van der Waals surface area (Å²) in [6, 6.07) is 12.3. The molecular weight excluding hydrogens is 312 g/mol. The Morgan fingerprint density at radius 3 is 2.33 bits per heavy atom. The van der Waals surface area contributed by atoms with E-state index in [1.54, 1.807) is 24.3 Å². The van der Waals surface area contributed by atoms with Gasteiger partial charge in [-0.1, -0.05) is 29.8 Å². The number of benzene rings is 2. The average Bonchev–Trinajstić information content (AvgIpc) is 2.45. The summed E-state index contributed by atoms with van der Waals surface area (Å²) in [7, 11) is -3.73. The summed E-state index contributed by atoms with van der Waals surface area (Å²) < 4.78 is 24.2. The van der Waals surface area contributed by atoms with Crippen molar-refractivity contribution >= 4 is 33.1 Å². The van der Waals surface area contributed by atoms with Crippen molar-refractivity contribution < 1.29 is 13.2 Å². The molecule has 0 atom stereocenters.